The van der Waals surface area contributed by atoms with Crippen molar-refractivity contribution in [3.63, 3.8) is 0 Å². The van der Waals surface area contributed by atoms with Gasteiger partial charge in [-0.15, -0.1) is 0 Å². The predicted molar refractivity (Wildman–Crippen MR) is 78.4 cm³/mol. The molecule has 0 spiro atoms. The van der Waals surface area contributed by atoms with Crippen LogP contribution >= 0.6 is 11.6 Å². The van der Waals surface area contributed by atoms with Crippen LogP contribution in [0.2, 0.25) is 5.15 Å². The summed E-state index contributed by atoms with van der Waals surface area (Å²) in [7, 11) is 2.05. The Kier molecular flexibility index (Phi) is 4.66. The van der Waals surface area contributed by atoms with Crippen LogP contribution in [0, 0.1) is 17.2 Å². The number of hydrogen-bond donors (Lipinski definition) is 0. The SMILES string of the molecule is CCC1CCC(N(C)c2cc(C#N)cc(Cl)n2)CC1. The lowest BCUT2D eigenvalue weighted by molar-refractivity contribution is 0.313. The first-order valence-electron chi connectivity index (χ1n) is 6.94. The zero-order chi connectivity index (χ0) is 13.8. The summed E-state index contributed by atoms with van der Waals surface area (Å²) in [5, 5.41) is 9.38. The molecule has 0 N–H and O–H groups in total. The Labute approximate surface area is 120 Å². The number of anilines is 1. The molecular formula is C15H20ClN3. The van der Waals surface area contributed by atoms with E-state index in [1.807, 2.05) is 6.07 Å². The topological polar surface area (TPSA) is 39.9 Å². The lowest BCUT2D eigenvalue weighted by Gasteiger charge is -2.35. The van der Waals surface area contributed by atoms with Gasteiger partial charge in [0.15, 0.2) is 0 Å². The van der Waals surface area contributed by atoms with Gasteiger partial charge in [0.2, 0.25) is 0 Å². The largest absolute Gasteiger partial charge is 0.357 e. The Balaban J connectivity index is 2.10. The molecule has 1 fully saturated rings. The van der Waals surface area contributed by atoms with Crippen molar-refractivity contribution in [3.05, 3.63) is 22.8 Å². The first-order valence-corrected chi connectivity index (χ1v) is 7.32. The summed E-state index contributed by atoms with van der Waals surface area (Å²) in [5.41, 5.74) is 0.573. The Morgan fingerprint density at radius 2 is 2.05 bits per heavy atom. The maximum atomic E-state index is 8.99. The molecule has 1 heterocycles. The number of nitrogens with zero attached hydrogens (tertiary/aromatic N) is 3. The Morgan fingerprint density at radius 1 is 1.37 bits per heavy atom. The molecule has 3 nitrogen and oxygen atoms in total. The van der Waals surface area contributed by atoms with Crippen molar-refractivity contribution in [3.8, 4) is 6.07 Å². The van der Waals surface area contributed by atoms with Gasteiger partial charge in [-0.05, 0) is 43.7 Å². The van der Waals surface area contributed by atoms with Gasteiger partial charge in [-0.25, -0.2) is 4.98 Å². The van der Waals surface area contributed by atoms with Gasteiger partial charge >= 0.3 is 0 Å². The fourth-order valence-electron chi connectivity index (χ4n) is 2.86. The molecule has 19 heavy (non-hydrogen) atoms. The Bertz CT molecular complexity index is 473. The lowest BCUT2D eigenvalue weighted by atomic mass is 9.84. The maximum absolute atomic E-state index is 8.99. The van der Waals surface area contributed by atoms with Gasteiger partial charge in [0.05, 0.1) is 11.6 Å². The minimum atomic E-state index is 0.392. The van der Waals surface area contributed by atoms with Gasteiger partial charge < -0.3 is 4.90 Å². The molecule has 1 aliphatic rings. The molecule has 0 bridgehead atoms. The molecule has 0 aromatic carbocycles. The molecule has 1 aromatic heterocycles. The summed E-state index contributed by atoms with van der Waals surface area (Å²) >= 11 is 5.97. The van der Waals surface area contributed by atoms with E-state index >= 15 is 0 Å². The highest BCUT2D eigenvalue weighted by Gasteiger charge is 2.24. The number of hydrogen-bond acceptors (Lipinski definition) is 3. The summed E-state index contributed by atoms with van der Waals surface area (Å²) in [6.45, 7) is 2.27. The third-order valence-corrected chi connectivity index (χ3v) is 4.41. The molecular weight excluding hydrogens is 258 g/mol. The van der Waals surface area contributed by atoms with E-state index in [9.17, 15) is 0 Å². The average Bonchev–Trinajstić information content (AvgIpc) is 2.46. The number of halogens is 1. The van der Waals surface area contributed by atoms with Crippen molar-refractivity contribution in [1.29, 1.82) is 5.26 Å². The third-order valence-electron chi connectivity index (χ3n) is 4.21. The number of nitriles is 1. The van der Waals surface area contributed by atoms with Crippen molar-refractivity contribution in [2.24, 2.45) is 5.92 Å². The van der Waals surface area contributed by atoms with E-state index in [-0.39, 0.29) is 0 Å². The van der Waals surface area contributed by atoms with Crippen LogP contribution in [0.15, 0.2) is 12.1 Å². The van der Waals surface area contributed by atoms with Crippen LogP contribution in [0.1, 0.15) is 44.6 Å². The fourth-order valence-corrected chi connectivity index (χ4v) is 3.06. The summed E-state index contributed by atoms with van der Waals surface area (Å²) in [6, 6.07) is 6.07. The van der Waals surface area contributed by atoms with Gasteiger partial charge in [-0.2, -0.15) is 5.26 Å². The quantitative estimate of drug-likeness (QED) is 0.784. The third kappa shape index (κ3) is 3.39. The first kappa shape index (κ1) is 14.1. The van der Waals surface area contributed by atoms with E-state index in [1.54, 1.807) is 6.07 Å². The summed E-state index contributed by atoms with van der Waals surface area (Å²) in [5.74, 6) is 1.69. The molecule has 0 radical (unpaired) electrons. The highest BCUT2D eigenvalue weighted by atomic mass is 35.5. The summed E-state index contributed by atoms with van der Waals surface area (Å²) in [4.78, 5) is 6.52. The normalized spacial score (nSPS) is 22.8. The molecule has 1 saturated carbocycles. The maximum Gasteiger partial charge on any atom is 0.132 e. The fraction of sp³-hybridized carbons (Fsp3) is 0.600. The summed E-state index contributed by atoms with van der Waals surface area (Å²) < 4.78 is 0. The second-order valence-corrected chi connectivity index (χ2v) is 5.73. The van der Waals surface area contributed by atoms with E-state index in [0.29, 0.717) is 16.8 Å². The molecule has 2 rings (SSSR count). The molecule has 0 saturated heterocycles. The van der Waals surface area contributed by atoms with Crippen LogP contribution in [0.5, 0.6) is 0 Å². The van der Waals surface area contributed by atoms with E-state index in [2.05, 4.69) is 29.9 Å². The van der Waals surface area contributed by atoms with E-state index in [4.69, 9.17) is 16.9 Å². The van der Waals surface area contributed by atoms with E-state index < -0.39 is 0 Å². The van der Waals surface area contributed by atoms with Crippen LogP contribution in [-0.4, -0.2) is 18.1 Å². The molecule has 0 amide bonds. The van der Waals surface area contributed by atoms with E-state index in [1.165, 1.54) is 32.1 Å². The van der Waals surface area contributed by atoms with Crippen LogP contribution in [0.4, 0.5) is 5.82 Å². The van der Waals surface area contributed by atoms with E-state index in [0.717, 1.165) is 11.7 Å². The highest BCUT2D eigenvalue weighted by molar-refractivity contribution is 6.29. The van der Waals surface area contributed by atoms with Crippen molar-refractivity contribution in [1.82, 2.24) is 4.98 Å². The van der Waals surface area contributed by atoms with Crippen molar-refractivity contribution < 1.29 is 0 Å². The Hall–Kier alpha value is -1.27. The van der Waals surface area contributed by atoms with Crippen molar-refractivity contribution in [2.45, 2.75) is 45.1 Å². The molecule has 4 heteroatoms. The smallest absolute Gasteiger partial charge is 0.132 e. The van der Waals surface area contributed by atoms with Gasteiger partial charge in [-0.3, -0.25) is 0 Å². The second-order valence-electron chi connectivity index (χ2n) is 5.34. The second kappa shape index (κ2) is 6.25. The van der Waals surface area contributed by atoms with Crippen molar-refractivity contribution >= 4 is 17.4 Å². The molecule has 0 unspecified atom stereocenters. The molecule has 0 aliphatic heterocycles. The predicted octanol–water partition coefficient (Wildman–Crippen LogP) is 4.01. The van der Waals surface area contributed by atoms with Gasteiger partial charge in [0.25, 0.3) is 0 Å². The average molecular weight is 278 g/mol. The minimum absolute atomic E-state index is 0.392. The number of aromatic nitrogens is 1. The monoisotopic (exact) mass is 277 g/mol. The van der Waals surface area contributed by atoms with Gasteiger partial charge in [-0.1, -0.05) is 24.9 Å². The molecule has 1 aromatic rings. The highest BCUT2D eigenvalue weighted by Crippen LogP contribution is 2.31. The molecule has 1 aliphatic carbocycles. The minimum Gasteiger partial charge on any atom is -0.357 e. The summed E-state index contributed by atoms with van der Waals surface area (Å²) in [6.07, 6.45) is 6.26. The standard InChI is InChI=1S/C15H20ClN3/c1-3-11-4-6-13(7-5-11)19(2)15-9-12(10-17)8-14(16)18-15/h8-9,11,13H,3-7H2,1-2H3. The number of rotatable bonds is 3. The van der Waals surface area contributed by atoms with Crippen LogP contribution < -0.4 is 4.90 Å². The van der Waals surface area contributed by atoms with Crippen LogP contribution in [0.25, 0.3) is 0 Å². The van der Waals surface area contributed by atoms with Crippen LogP contribution in [0.3, 0.4) is 0 Å². The molecule has 0 atom stereocenters. The lowest BCUT2D eigenvalue weighted by Crippen LogP contribution is -2.35. The Morgan fingerprint density at radius 3 is 2.63 bits per heavy atom. The van der Waals surface area contributed by atoms with Gasteiger partial charge in [0, 0.05) is 13.1 Å². The first-order chi connectivity index (χ1) is 9.13. The van der Waals surface area contributed by atoms with Crippen LogP contribution in [-0.2, 0) is 0 Å². The van der Waals surface area contributed by atoms with Gasteiger partial charge in [0.1, 0.15) is 11.0 Å². The van der Waals surface area contributed by atoms with Crippen molar-refractivity contribution in [2.75, 3.05) is 11.9 Å². The molecule has 102 valence electrons. The zero-order valence-corrected chi connectivity index (χ0v) is 12.3. The number of pyridine rings is 1. The zero-order valence-electron chi connectivity index (χ0n) is 11.6.